The Bertz CT molecular complexity index is 1330. The number of benzene rings is 1. The minimum Gasteiger partial charge on any atom is -0.496 e. The van der Waals surface area contributed by atoms with Crippen molar-refractivity contribution in [2.45, 2.75) is 32.9 Å². The van der Waals surface area contributed by atoms with Crippen molar-refractivity contribution in [2.24, 2.45) is 5.73 Å². The fraction of sp³-hybridized carbons (Fsp3) is 0.481. The number of piperazine rings is 1. The van der Waals surface area contributed by atoms with Gasteiger partial charge in [0.15, 0.2) is 5.65 Å². The van der Waals surface area contributed by atoms with Crippen LogP contribution in [0.2, 0.25) is 0 Å². The standard InChI is InChI=1S/C27H36N8O4/c1-3-4-12-39-27-31-24(29)22-15-21(16-28)35(25(22)32-27)18-20-6-5-19(14-23(20)37-2)17-34-9-7-33(8-10-34)11-13-38-26(30)36/h5-6,14-15H,3-4,7-13,17-18H2,1-2H3,(H2,30,36)(H2,29,31,32). The van der Waals surface area contributed by atoms with Gasteiger partial charge in [-0.05, 0) is 24.1 Å². The predicted octanol–water partition coefficient (Wildman–Crippen LogP) is 2.33. The molecule has 2 aromatic heterocycles. The van der Waals surface area contributed by atoms with Gasteiger partial charge in [-0.15, -0.1) is 0 Å². The number of rotatable bonds is 12. The van der Waals surface area contributed by atoms with Gasteiger partial charge in [-0.1, -0.05) is 25.5 Å². The monoisotopic (exact) mass is 536 g/mol. The third-order valence-electron chi connectivity index (χ3n) is 6.81. The van der Waals surface area contributed by atoms with E-state index in [-0.39, 0.29) is 11.8 Å². The third-order valence-corrected chi connectivity index (χ3v) is 6.81. The Hall–Kier alpha value is -4.08. The number of anilines is 1. The van der Waals surface area contributed by atoms with Crippen molar-refractivity contribution in [1.82, 2.24) is 24.3 Å². The molecule has 3 aromatic rings. The first-order valence-electron chi connectivity index (χ1n) is 13.1. The summed E-state index contributed by atoms with van der Waals surface area (Å²) in [5, 5.41) is 10.4. The molecule has 0 spiro atoms. The van der Waals surface area contributed by atoms with Crippen LogP contribution in [0.5, 0.6) is 11.8 Å². The molecule has 1 aromatic carbocycles. The number of methoxy groups -OCH3 is 1. The van der Waals surface area contributed by atoms with E-state index in [0.717, 1.165) is 62.4 Å². The van der Waals surface area contributed by atoms with Crippen molar-refractivity contribution < 1.29 is 19.0 Å². The number of ether oxygens (including phenoxy) is 3. The van der Waals surface area contributed by atoms with Crippen molar-refractivity contribution >= 4 is 22.9 Å². The lowest BCUT2D eigenvalue weighted by Gasteiger charge is -2.34. The number of fused-ring (bicyclic) bond motifs is 1. The fourth-order valence-corrected chi connectivity index (χ4v) is 4.64. The molecule has 0 unspecified atom stereocenters. The Morgan fingerprint density at radius 3 is 2.56 bits per heavy atom. The van der Waals surface area contributed by atoms with Gasteiger partial charge < -0.3 is 30.2 Å². The second-order valence-electron chi connectivity index (χ2n) is 9.49. The van der Waals surface area contributed by atoms with Crippen LogP contribution in [0.3, 0.4) is 0 Å². The Balaban J connectivity index is 1.46. The summed E-state index contributed by atoms with van der Waals surface area (Å²) in [5.41, 5.74) is 14.3. The molecule has 1 amide bonds. The minimum absolute atomic E-state index is 0.208. The molecule has 1 fully saturated rings. The first kappa shape index (κ1) is 27.9. The quantitative estimate of drug-likeness (QED) is 0.329. The van der Waals surface area contributed by atoms with Gasteiger partial charge in [0, 0.05) is 44.8 Å². The van der Waals surface area contributed by atoms with E-state index in [0.29, 0.717) is 43.0 Å². The van der Waals surface area contributed by atoms with Crippen LogP contribution in [-0.4, -0.2) is 83.5 Å². The number of unbranched alkanes of at least 4 members (excludes halogenated alkanes) is 1. The lowest BCUT2D eigenvalue weighted by molar-refractivity contribution is 0.0960. The molecule has 3 heterocycles. The summed E-state index contributed by atoms with van der Waals surface area (Å²) in [6.45, 7) is 8.35. The highest BCUT2D eigenvalue weighted by molar-refractivity contribution is 5.88. The van der Waals surface area contributed by atoms with Crippen molar-refractivity contribution in [3.8, 4) is 17.8 Å². The SMILES string of the molecule is CCCCOc1nc(N)c2cc(C#N)n(Cc3ccc(CN4CCN(CCOC(N)=O)CC4)cc3OC)c2n1. The molecule has 1 aliphatic rings. The number of carbonyl (C=O) groups excluding carboxylic acids is 1. The zero-order valence-corrected chi connectivity index (χ0v) is 22.6. The lowest BCUT2D eigenvalue weighted by Crippen LogP contribution is -2.47. The zero-order chi connectivity index (χ0) is 27.8. The van der Waals surface area contributed by atoms with Gasteiger partial charge in [-0.25, -0.2) is 4.79 Å². The van der Waals surface area contributed by atoms with Crippen molar-refractivity contribution in [1.29, 1.82) is 5.26 Å². The summed E-state index contributed by atoms with van der Waals surface area (Å²) in [6.07, 6.45) is 1.14. The average Bonchev–Trinajstić information content (AvgIpc) is 3.28. The second kappa shape index (κ2) is 13.1. The second-order valence-corrected chi connectivity index (χ2v) is 9.49. The number of amides is 1. The highest BCUT2D eigenvalue weighted by Gasteiger charge is 2.19. The molecule has 39 heavy (non-hydrogen) atoms. The number of nitrogens with two attached hydrogens (primary N) is 2. The molecule has 0 radical (unpaired) electrons. The molecule has 0 bridgehead atoms. The summed E-state index contributed by atoms with van der Waals surface area (Å²) >= 11 is 0. The van der Waals surface area contributed by atoms with Gasteiger partial charge in [0.25, 0.3) is 0 Å². The average molecular weight is 537 g/mol. The minimum atomic E-state index is -0.738. The predicted molar refractivity (Wildman–Crippen MR) is 146 cm³/mol. The molecule has 12 nitrogen and oxygen atoms in total. The number of nitrogen functional groups attached to an aromatic ring is 1. The number of nitrogens with zero attached hydrogens (tertiary/aromatic N) is 6. The van der Waals surface area contributed by atoms with Crippen LogP contribution < -0.4 is 20.9 Å². The van der Waals surface area contributed by atoms with Crippen molar-refractivity contribution in [2.75, 3.05) is 58.8 Å². The lowest BCUT2D eigenvalue weighted by atomic mass is 10.1. The normalized spacial score (nSPS) is 14.3. The highest BCUT2D eigenvalue weighted by Crippen LogP contribution is 2.28. The van der Waals surface area contributed by atoms with Crippen LogP contribution in [0.25, 0.3) is 11.0 Å². The number of primary amides is 1. The van der Waals surface area contributed by atoms with E-state index in [2.05, 4.69) is 38.8 Å². The Morgan fingerprint density at radius 2 is 1.87 bits per heavy atom. The van der Waals surface area contributed by atoms with Crippen LogP contribution in [-0.2, 0) is 17.8 Å². The van der Waals surface area contributed by atoms with E-state index in [1.165, 1.54) is 0 Å². The molecule has 12 heteroatoms. The molecular weight excluding hydrogens is 500 g/mol. The summed E-state index contributed by atoms with van der Waals surface area (Å²) in [6, 6.07) is 10.3. The number of hydrogen-bond donors (Lipinski definition) is 2. The summed E-state index contributed by atoms with van der Waals surface area (Å²) in [4.78, 5) is 24.2. The molecule has 4 N–H and O–H groups in total. The van der Waals surface area contributed by atoms with Crippen LogP contribution in [0.1, 0.15) is 36.6 Å². The van der Waals surface area contributed by atoms with Gasteiger partial charge in [0.05, 0.1) is 25.6 Å². The Kier molecular flexibility index (Phi) is 9.40. The Labute approximate surface area is 228 Å². The zero-order valence-electron chi connectivity index (χ0n) is 22.6. The van der Waals surface area contributed by atoms with E-state index in [4.69, 9.17) is 25.7 Å². The maximum Gasteiger partial charge on any atom is 0.404 e. The Morgan fingerprint density at radius 1 is 1.10 bits per heavy atom. The highest BCUT2D eigenvalue weighted by atomic mass is 16.5. The molecular formula is C27H36N8O4. The number of carbonyl (C=O) groups is 1. The molecule has 208 valence electrons. The van der Waals surface area contributed by atoms with E-state index < -0.39 is 6.09 Å². The van der Waals surface area contributed by atoms with Crippen molar-refractivity contribution in [3.05, 3.63) is 41.1 Å². The number of nitriles is 1. The molecule has 0 atom stereocenters. The molecule has 0 saturated carbocycles. The van der Waals surface area contributed by atoms with Gasteiger partial charge in [0.2, 0.25) is 0 Å². The maximum absolute atomic E-state index is 10.8. The number of hydrogen-bond acceptors (Lipinski definition) is 10. The first-order chi connectivity index (χ1) is 18.9. The van der Waals surface area contributed by atoms with E-state index in [9.17, 15) is 10.1 Å². The largest absolute Gasteiger partial charge is 0.496 e. The van der Waals surface area contributed by atoms with Gasteiger partial charge >= 0.3 is 12.1 Å². The van der Waals surface area contributed by atoms with E-state index in [1.54, 1.807) is 13.2 Å². The fourth-order valence-electron chi connectivity index (χ4n) is 4.64. The topological polar surface area (TPSA) is 158 Å². The van der Waals surface area contributed by atoms with E-state index in [1.807, 2.05) is 16.7 Å². The van der Waals surface area contributed by atoms with Crippen molar-refractivity contribution in [3.63, 3.8) is 0 Å². The van der Waals surface area contributed by atoms with Crippen LogP contribution in [0, 0.1) is 11.3 Å². The van der Waals surface area contributed by atoms with Gasteiger partial charge in [-0.2, -0.15) is 15.2 Å². The third kappa shape index (κ3) is 7.07. The van der Waals surface area contributed by atoms with Crippen LogP contribution in [0.4, 0.5) is 10.6 Å². The number of aromatic nitrogens is 3. The van der Waals surface area contributed by atoms with Crippen LogP contribution in [0.15, 0.2) is 24.3 Å². The smallest absolute Gasteiger partial charge is 0.404 e. The summed E-state index contributed by atoms with van der Waals surface area (Å²) in [5.74, 6) is 1.02. The van der Waals surface area contributed by atoms with E-state index >= 15 is 0 Å². The molecule has 1 saturated heterocycles. The van der Waals surface area contributed by atoms with Gasteiger partial charge in [-0.3, -0.25) is 9.80 Å². The van der Waals surface area contributed by atoms with Crippen LogP contribution >= 0.6 is 0 Å². The molecule has 0 aliphatic carbocycles. The summed E-state index contributed by atoms with van der Waals surface area (Å²) in [7, 11) is 1.65. The maximum atomic E-state index is 10.8. The molecule has 1 aliphatic heterocycles. The van der Waals surface area contributed by atoms with Gasteiger partial charge in [0.1, 0.15) is 29.9 Å². The summed E-state index contributed by atoms with van der Waals surface area (Å²) < 4.78 is 18.1. The molecule has 4 rings (SSSR count). The first-order valence-corrected chi connectivity index (χ1v) is 13.1.